The van der Waals surface area contributed by atoms with Crippen LogP contribution in [0.2, 0.25) is 0 Å². The highest BCUT2D eigenvalue weighted by Gasteiger charge is 2.08. The van der Waals surface area contributed by atoms with E-state index < -0.39 is 0 Å². The predicted molar refractivity (Wildman–Crippen MR) is 60.1 cm³/mol. The average Bonchev–Trinajstić information content (AvgIpc) is 2.83. The SMILES string of the molecule is O=c1[nH]c(-c2coc3ccccc23)cs1. The molecule has 74 valence electrons. The zero-order valence-corrected chi connectivity index (χ0v) is 8.51. The number of para-hydroxylation sites is 1. The Morgan fingerprint density at radius 3 is 2.93 bits per heavy atom. The van der Waals surface area contributed by atoms with Crippen LogP contribution in [0.5, 0.6) is 0 Å². The highest BCUT2D eigenvalue weighted by Crippen LogP contribution is 2.28. The molecule has 2 aromatic heterocycles. The van der Waals surface area contributed by atoms with Crippen molar-refractivity contribution in [3.8, 4) is 11.3 Å². The fraction of sp³-hybridized carbons (Fsp3) is 0. The third-order valence-electron chi connectivity index (χ3n) is 2.29. The number of furan rings is 1. The van der Waals surface area contributed by atoms with Crippen LogP contribution in [0.1, 0.15) is 0 Å². The van der Waals surface area contributed by atoms with E-state index in [-0.39, 0.29) is 4.87 Å². The van der Waals surface area contributed by atoms with E-state index in [9.17, 15) is 4.79 Å². The Morgan fingerprint density at radius 2 is 2.13 bits per heavy atom. The van der Waals surface area contributed by atoms with Gasteiger partial charge in [-0.2, -0.15) is 0 Å². The highest BCUT2D eigenvalue weighted by atomic mass is 32.1. The molecule has 0 spiro atoms. The van der Waals surface area contributed by atoms with E-state index in [4.69, 9.17) is 4.42 Å². The standard InChI is InChI=1S/C11H7NO2S/c13-11-12-9(6-15-11)8-5-14-10-4-2-1-3-7(8)10/h1-6H,(H,12,13). The van der Waals surface area contributed by atoms with Crippen molar-refractivity contribution in [3.63, 3.8) is 0 Å². The van der Waals surface area contributed by atoms with Gasteiger partial charge >= 0.3 is 4.87 Å². The van der Waals surface area contributed by atoms with Gasteiger partial charge in [-0.1, -0.05) is 29.5 Å². The van der Waals surface area contributed by atoms with Gasteiger partial charge in [-0.25, -0.2) is 0 Å². The molecule has 0 aliphatic rings. The number of thiazole rings is 1. The van der Waals surface area contributed by atoms with Gasteiger partial charge in [-0.05, 0) is 6.07 Å². The number of aromatic amines is 1. The molecule has 0 aliphatic heterocycles. The average molecular weight is 217 g/mol. The lowest BCUT2D eigenvalue weighted by Crippen LogP contribution is -1.91. The summed E-state index contributed by atoms with van der Waals surface area (Å²) >= 11 is 1.16. The summed E-state index contributed by atoms with van der Waals surface area (Å²) in [5.74, 6) is 0. The first kappa shape index (κ1) is 8.49. The molecule has 0 bridgehead atoms. The second kappa shape index (κ2) is 3.10. The van der Waals surface area contributed by atoms with Crippen molar-refractivity contribution >= 4 is 22.3 Å². The molecule has 0 saturated heterocycles. The first-order chi connectivity index (χ1) is 7.34. The quantitative estimate of drug-likeness (QED) is 0.681. The van der Waals surface area contributed by atoms with Crippen molar-refractivity contribution in [1.29, 1.82) is 0 Å². The van der Waals surface area contributed by atoms with Crippen molar-refractivity contribution in [2.75, 3.05) is 0 Å². The minimum absolute atomic E-state index is 0.0460. The van der Waals surface area contributed by atoms with E-state index in [1.807, 2.05) is 24.3 Å². The maximum absolute atomic E-state index is 11.1. The van der Waals surface area contributed by atoms with E-state index in [1.54, 1.807) is 11.6 Å². The van der Waals surface area contributed by atoms with Gasteiger partial charge in [0.15, 0.2) is 0 Å². The fourth-order valence-electron chi connectivity index (χ4n) is 1.60. The largest absolute Gasteiger partial charge is 0.464 e. The maximum atomic E-state index is 11.1. The molecule has 3 aromatic rings. The Balaban J connectivity index is 2.32. The van der Waals surface area contributed by atoms with Crippen LogP contribution in [0.25, 0.3) is 22.2 Å². The molecule has 0 unspecified atom stereocenters. The molecule has 0 atom stereocenters. The van der Waals surface area contributed by atoms with E-state index in [0.717, 1.165) is 33.6 Å². The summed E-state index contributed by atoms with van der Waals surface area (Å²) in [5.41, 5.74) is 2.58. The summed E-state index contributed by atoms with van der Waals surface area (Å²) in [7, 11) is 0. The van der Waals surface area contributed by atoms with Crippen LogP contribution in [-0.4, -0.2) is 4.98 Å². The molecule has 3 rings (SSSR count). The summed E-state index contributed by atoms with van der Waals surface area (Å²) in [6, 6.07) is 7.76. The molecule has 0 radical (unpaired) electrons. The summed E-state index contributed by atoms with van der Waals surface area (Å²) in [6.07, 6.45) is 1.67. The van der Waals surface area contributed by atoms with Gasteiger partial charge in [0, 0.05) is 16.3 Å². The summed E-state index contributed by atoms with van der Waals surface area (Å²) < 4.78 is 5.40. The van der Waals surface area contributed by atoms with Crippen molar-refractivity contribution in [2.45, 2.75) is 0 Å². The third kappa shape index (κ3) is 1.30. The minimum Gasteiger partial charge on any atom is -0.464 e. The predicted octanol–water partition coefficient (Wildman–Crippen LogP) is 2.85. The molecular formula is C11H7NO2S. The van der Waals surface area contributed by atoms with Crippen LogP contribution in [0.3, 0.4) is 0 Å². The molecule has 15 heavy (non-hydrogen) atoms. The molecule has 1 aromatic carbocycles. The minimum atomic E-state index is -0.0460. The molecular weight excluding hydrogens is 210 g/mol. The van der Waals surface area contributed by atoms with Gasteiger partial charge in [0.1, 0.15) is 11.8 Å². The highest BCUT2D eigenvalue weighted by molar-refractivity contribution is 7.07. The maximum Gasteiger partial charge on any atom is 0.304 e. The van der Waals surface area contributed by atoms with E-state index in [1.165, 1.54) is 0 Å². The van der Waals surface area contributed by atoms with Gasteiger partial charge in [0.25, 0.3) is 0 Å². The van der Waals surface area contributed by atoms with Crippen molar-refractivity contribution < 1.29 is 4.42 Å². The van der Waals surface area contributed by atoms with Crippen LogP contribution in [0, 0.1) is 0 Å². The zero-order chi connectivity index (χ0) is 10.3. The van der Waals surface area contributed by atoms with Crippen LogP contribution in [0.15, 0.2) is 45.1 Å². The molecule has 3 nitrogen and oxygen atoms in total. The monoisotopic (exact) mass is 217 g/mol. The zero-order valence-electron chi connectivity index (χ0n) is 7.69. The number of hydrogen-bond acceptors (Lipinski definition) is 3. The number of rotatable bonds is 1. The first-order valence-electron chi connectivity index (χ1n) is 4.49. The molecule has 0 saturated carbocycles. The number of aromatic nitrogens is 1. The van der Waals surface area contributed by atoms with E-state index >= 15 is 0 Å². The number of nitrogens with one attached hydrogen (secondary N) is 1. The van der Waals surface area contributed by atoms with Crippen LogP contribution in [0.4, 0.5) is 0 Å². The number of fused-ring (bicyclic) bond motifs is 1. The molecule has 4 heteroatoms. The smallest absolute Gasteiger partial charge is 0.304 e. The van der Waals surface area contributed by atoms with Gasteiger partial charge in [-0.3, -0.25) is 4.79 Å². The van der Waals surface area contributed by atoms with Gasteiger partial charge in [0.2, 0.25) is 0 Å². The first-order valence-corrected chi connectivity index (χ1v) is 5.37. The number of H-pyrrole nitrogens is 1. The Morgan fingerprint density at radius 1 is 1.27 bits per heavy atom. The molecule has 2 heterocycles. The summed E-state index contributed by atoms with van der Waals surface area (Å²) in [6.45, 7) is 0. The van der Waals surface area contributed by atoms with Crippen molar-refractivity contribution in [2.24, 2.45) is 0 Å². The van der Waals surface area contributed by atoms with Crippen LogP contribution < -0.4 is 4.87 Å². The van der Waals surface area contributed by atoms with Crippen LogP contribution in [-0.2, 0) is 0 Å². The van der Waals surface area contributed by atoms with Crippen LogP contribution >= 0.6 is 11.3 Å². The second-order valence-corrected chi connectivity index (χ2v) is 4.05. The fourth-order valence-corrected chi connectivity index (χ4v) is 2.18. The lowest BCUT2D eigenvalue weighted by atomic mass is 10.1. The Bertz CT molecular complexity index is 662. The van der Waals surface area contributed by atoms with Gasteiger partial charge < -0.3 is 9.40 Å². The number of benzene rings is 1. The van der Waals surface area contributed by atoms with Crippen molar-refractivity contribution in [1.82, 2.24) is 4.98 Å². The lowest BCUT2D eigenvalue weighted by molar-refractivity contribution is 0.617. The van der Waals surface area contributed by atoms with Gasteiger partial charge in [-0.15, -0.1) is 0 Å². The summed E-state index contributed by atoms with van der Waals surface area (Å²) in [5, 5.41) is 2.83. The summed E-state index contributed by atoms with van der Waals surface area (Å²) in [4.78, 5) is 13.8. The Labute approximate surface area is 89.0 Å². The normalized spacial score (nSPS) is 10.9. The lowest BCUT2D eigenvalue weighted by Gasteiger charge is -1.91. The number of hydrogen-bond donors (Lipinski definition) is 1. The van der Waals surface area contributed by atoms with Gasteiger partial charge in [0.05, 0.1) is 5.69 Å². The van der Waals surface area contributed by atoms with Crippen molar-refractivity contribution in [3.05, 3.63) is 45.6 Å². The molecule has 0 aliphatic carbocycles. The molecule has 1 N–H and O–H groups in total. The Hall–Kier alpha value is -1.81. The van der Waals surface area contributed by atoms with E-state index in [2.05, 4.69) is 4.98 Å². The molecule has 0 fully saturated rings. The third-order valence-corrected chi connectivity index (χ3v) is 2.96. The second-order valence-electron chi connectivity index (χ2n) is 3.21. The molecule has 0 amide bonds. The topological polar surface area (TPSA) is 46.0 Å². The van der Waals surface area contributed by atoms with E-state index in [0.29, 0.717) is 0 Å². The Kier molecular flexibility index (Phi) is 1.76.